The first kappa shape index (κ1) is 24.3. The second kappa shape index (κ2) is 9.79. The van der Waals surface area contributed by atoms with E-state index in [4.69, 9.17) is 0 Å². The number of carbonyl (C=O) groups is 1. The number of thioether (sulfide) groups is 1. The van der Waals surface area contributed by atoms with E-state index in [2.05, 4.69) is 10.3 Å². The monoisotopic (exact) mass is 500 g/mol. The van der Waals surface area contributed by atoms with E-state index in [0.29, 0.717) is 5.52 Å². The van der Waals surface area contributed by atoms with Gasteiger partial charge in [-0.05, 0) is 36.8 Å². The van der Waals surface area contributed by atoms with Gasteiger partial charge in [0.1, 0.15) is 0 Å². The summed E-state index contributed by atoms with van der Waals surface area (Å²) in [5.41, 5.74) is 0.681. The number of amides is 1. The zero-order chi connectivity index (χ0) is 25.2. The van der Waals surface area contributed by atoms with Gasteiger partial charge in [0.05, 0.1) is 33.3 Å². The van der Waals surface area contributed by atoms with Gasteiger partial charge in [-0.1, -0.05) is 48.2 Å². The molecule has 1 N–H and O–H groups in total. The van der Waals surface area contributed by atoms with Crippen LogP contribution in [0, 0.1) is 10.1 Å². The number of non-ortho nitro benzene ring substituents is 1. The number of alkyl halides is 3. The van der Waals surface area contributed by atoms with E-state index in [-0.39, 0.29) is 39.7 Å². The highest BCUT2D eigenvalue weighted by atomic mass is 32.2. The van der Waals surface area contributed by atoms with Gasteiger partial charge < -0.3 is 5.32 Å². The van der Waals surface area contributed by atoms with Gasteiger partial charge in [-0.15, -0.1) is 0 Å². The lowest BCUT2D eigenvalue weighted by Crippen LogP contribution is -2.28. The number of halogens is 3. The molecule has 0 aliphatic rings. The smallest absolute Gasteiger partial charge is 0.349 e. The Balaban J connectivity index is 1.66. The summed E-state index contributed by atoms with van der Waals surface area (Å²) in [4.78, 5) is 27.6. The highest BCUT2D eigenvalue weighted by Gasteiger charge is 2.31. The molecule has 0 unspecified atom stereocenters. The lowest BCUT2D eigenvalue weighted by atomic mass is 10.1. The summed E-state index contributed by atoms with van der Waals surface area (Å²) in [5, 5.41) is 14.3. The van der Waals surface area contributed by atoms with Crippen LogP contribution >= 0.6 is 11.8 Å². The molecule has 0 radical (unpaired) electrons. The van der Waals surface area contributed by atoms with Gasteiger partial charge in [0.25, 0.3) is 5.69 Å². The van der Waals surface area contributed by atoms with Crippen LogP contribution < -0.4 is 5.32 Å². The maximum atomic E-state index is 13.3. The predicted molar refractivity (Wildman–Crippen MR) is 126 cm³/mol. The number of benzene rings is 3. The van der Waals surface area contributed by atoms with Crippen molar-refractivity contribution in [2.75, 3.05) is 5.75 Å². The number of carbonyl (C=O) groups excluding carboxylic acids is 1. The molecule has 4 aromatic rings. The van der Waals surface area contributed by atoms with Crippen LogP contribution in [0.2, 0.25) is 0 Å². The largest absolute Gasteiger partial charge is 0.416 e. The van der Waals surface area contributed by atoms with E-state index in [0.717, 1.165) is 29.5 Å². The molecule has 7 nitrogen and oxygen atoms in total. The van der Waals surface area contributed by atoms with E-state index in [1.807, 2.05) is 37.3 Å². The molecule has 0 aliphatic heterocycles. The second-order valence-electron chi connectivity index (χ2n) is 7.70. The molecule has 35 heavy (non-hydrogen) atoms. The quantitative estimate of drug-likeness (QED) is 0.193. The first-order valence-corrected chi connectivity index (χ1v) is 11.4. The molecule has 4 rings (SSSR count). The van der Waals surface area contributed by atoms with Crippen molar-refractivity contribution in [3.8, 4) is 5.69 Å². The fourth-order valence-corrected chi connectivity index (χ4v) is 4.41. The maximum Gasteiger partial charge on any atom is 0.416 e. The van der Waals surface area contributed by atoms with Crippen molar-refractivity contribution in [3.63, 3.8) is 0 Å². The standard InChI is InChI=1S/C24H19F3N4O3S/c1-15(16-6-3-2-4-7-16)28-22(32)14-35-23-29-20-13-19(31(33)34)10-11-21(20)30(23)18-9-5-8-17(12-18)24(25,26)27/h2-13,15H,14H2,1H3,(H,28,32)/t15-/m0/s1. The van der Waals surface area contributed by atoms with E-state index in [1.165, 1.54) is 34.9 Å². The molecule has 0 aliphatic carbocycles. The Bertz CT molecular complexity index is 1390. The molecular weight excluding hydrogens is 481 g/mol. The van der Waals surface area contributed by atoms with E-state index in [9.17, 15) is 28.1 Å². The molecule has 0 saturated carbocycles. The minimum Gasteiger partial charge on any atom is -0.349 e. The van der Waals surface area contributed by atoms with Gasteiger partial charge in [0.15, 0.2) is 5.16 Å². The lowest BCUT2D eigenvalue weighted by Gasteiger charge is -2.15. The van der Waals surface area contributed by atoms with Gasteiger partial charge in [0.2, 0.25) is 5.91 Å². The molecule has 0 fully saturated rings. The van der Waals surface area contributed by atoms with Crippen LogP contribution in [0.3, 0.4) is 0 Å². The van der Waals surface area contributed by atoms with Crippen molar-refractivity contribution in [1.82, 2.24) is 14.9 Å². The summed E-state index contributed by atoms with van der Waals surface area (Å²) in [6.07, 6.45) is -4.55. The van der Waals surface area contributed by atoms with Gasteiger partial charge in [-0.2, -0.15) is 13.2 Å². The molecule has 0 bridgehead atoms. The van der Waals surface area contributed by atoms with Crippen LogP contribution in [0.4, 0.5) is 18.9 Å². The van der Waals surface area contributed by atoms with Crippen molar-refractivity contribution < 1.29 is 22.9 Å². The van der Waals surface area contributed by atoms with Gasteiger partial charge in [0, 0.05) is 17.8 Å². The Morgan fingerprint density at radius 2 is 1.86 bits per heavy atom. The summed E-state index contributed by atoms with van der Waals surface area (Å²) in [6, 6.07) is 17.8. The SMILES string of the molecule is C[C@H](NC(=O)CSc1nc2cc([N+](=O)[O-])ccc2n1-c1cccc(C(F)(F)F)c1)c1ccccc1. The third kappa shape index (κ3) is 5.46. The summed E-state index contributed by atoms with van der Waals surface area (Å²) < 4.78 is 41.4. The third-order valence-corrected chi connectivity index (χ3v) is 6.20. The number of aromatic nitrogens is 2. The Hall–Kier alpha value is -3.86. The number of rotatable bonds is 7. The lowest BCUT2D eigenvalue weighted by molar-refractivity contribution is -0.384. The number of imidazole rings is 1. The minimum absolute atomic E-state index is 0.0540. The Morgan fingerprint density at radius 3 is 2.54 bits per heavy atom. The Morgan fingerprint density at radius 1 is 1.11 bits per heavy atom. The summed E-state index contributed by atoms with van der Waals surface area (Å²) in [5.74, 6) is -0.346. The first-order valence-electron chi connectivity index (χ1n) is 10.4. The number of nitrogens with zero attached hydrogens (tertiary/aromatic N) is 3. The van der Waals surface area contributed by atoms with E-state index >= 15 is 0 Å². The van der Waals surface area contributed by atoms with Crippen LogP contribution in [0.15, 0.2) is 78.0 Å². The fourth-order valence-electron chi connectivity index (χ4n) is 3.57. The van der Waals surface area contributed by atoms with Gasteiger partial charge in [-0.3, -0.25) is 19.5 Å². The van der Waals surface area contributed by atoms with Crippen LogP contribution in [0.25, 0.3) is 16.7 Å². The first-order chi connectivity index (χ1) is 16.6. The number of hydrogen-bond acceptors (Lipinski definition) is 5. The van der Waals surface area contributed by atoms with Crippen molar-refractivity contribution in [3.05, 3.63) is 94.0 Å². The predicted octanol–water partition coefficient (Wildman–Crippen LogP) is 5.92. The van der Waals surface area contributed by atoms with Crippen molar-refractivity contribution in [2.24, 2.45) is 0 Å². The summed E-state index contributed by atoms with van der Waals surface area (Å²) in [7, 11) is 0. The van der Waals surface area contributed by atoms with Crippen molar-refractivity contribution >= 4 is 34.4 Å². The second-order valence-corrected chi connectivity index (χ2v) is 8.64. The highest BCUT2D eigenvalue weighted by molar-refractivity contribution is 7.99. The fraction of sp³-hybridized carbons (Fsp3) is 0.167. The molecule has 1 atom stereocenters. The summed E-state index contributed by atoms with van der Waals surface area (Å²) in [6.45, 7) is 1.84. The highest BCUT2D eigenvalue weighted by Crippen LogP contribution is 2.34. The minimum atomic E-state index is -4.55. The third-order valence-electron chi connectivity index (χ3n) is 5.26. The molecule has 1 amide bonds. The molecule has 1 heterocycles. The topological polar surface area (TPSA) is 90.1 Å². The van der Waals surface area contributed by atoms with Crippen molar-refractivity contribution in [2.45, 2.75) is 24.3 Å². The number of nitro benzene ring substituents is 1. The zero-order valence-electron chi connectivity index (χ0n) is 18.3. The normalized spacial score (nSPS) is 12.5. The molecule has 0 saturated heterocycles. The number of nitro groups is 1. The summed E-state index contributed by atoms with van der Waals surface area (Å²) >= 11 is 1.03. The average molecular weight is 501 g/mol. The Kier molecular flexibility index (Phi) is 6.79. The van der Waals surface area contributed by atoms with Crippen molar-refractivity contribution in [1.29, 1.82) is 0 Å². The molecule has 180 valence electrons. The van der Waals surface area contributed by atoms with Gasteiger partial charge >= 0.3 is 6.18 Å². The maximum absolute atomic E-state index is 13.3. The van der Waals surface area contributed by atoms with Crippen LogP contribution in [-0.2, 0) is 11.0 Å². The van der Waals surface area contributed by atoms with E-state index < -0.39 is 16.7 Å². The number of fused-ring (bicyclic) bond motifs is 1. The van der Waals surface area contributed by atoms with Crippen LogP contribution in [0.1, 0.15) is 24.1 Å². The van der Waals surface area contributed by atoms with Crippen LogP contribution in [0.5, 0.6) is 0 Å². The molecule has 3 aromatic carbocycles. The Labute approximate surface area is 202 Å². The number of hydrogen-bond donors (Lipinski definition) is 1. The molecule has 0 spiro atoms. The van der Waals surface area contributed by atoms with E-state index in [1.54, 1.807) is 0 Å². The molecule has 1 aromatic heterocycles. The zero-order valence-corrected chi connectivity index (χ0v) is 19.1. The average Bonchev–Trinajstić information content (AvgIpc) is 3.20. The van der Waals surface area contributed by atoms with Crippen LogP contribution in [-0.4, -0.2) is 26.1 Å². The number of nitrogens with one attached hydrogen (secondary N) is 1. The molecular formula is C24H19F3N4O3S. The van der Waals surface area contributed by atoms with Gasteiger partial charge in [-0.25, -0.2) is 4.98 Å². The molecule has 11 heteroatoms.